The van der Waals surface area contributed by atoms with E-state index in [1.54, 1.807) is 73.7 Å². The maximum absolute atomic E-state index is 13.3. The monoisotopic (exact) mass is 486 g/mol. The number of rotatable bonds is 8. The average molecular weight is 487 g/mol. The van der Waals surface area contributed by atoms with Crippen molar-refractivity contribution < 1.29 is 28.6 Å². The highest BCUT2D eigenvalue weighted by Gasteiger charge is 2.32. The molecule has 2 amide bonds. The van der Waals surface area contributed by atoms with Gasteiger partial charge >= 0.3 is 12.0 Å². The first-order valence-electron chi connectivity index (χ1n) is 11.3. The number of carbonyl (C=O) groups excluding carboxylic acids is 3. The van der Waals surface area contributed by atoms with E-state index in [4.69, 9.17) is 14.2 Å². The fourth-order valence-electron chi connectivity index (χ4n) is 3.99. The molecule has 0 aliphatic carbocycles. The summed E-state index contributed by atoms with van der Waals surface area (Å²) in [4.78, 5) is 37.2. The molecule has 8 nitrogen and oxygen atoms in total. The minimum atomic E-state index is -0.666. The summed E-state index contributed by atoms with van der Waals surface area (Å²) in [7, 11) is 2.86. The number of hydrogen-bond acceptors (Lipinski definition) is 6. The lowest BCUT2D eigenvalue weighted by molar-refractivity contribution is 0.0600. The van der Waals surface area contributed by atoms with E-state index < -0.39 is 18.0 Å². The zero-order valence-electron chi connectivity index (χ0n) is 20.2. The van der Waals surface area contributed by atoms with Crippen LogP contribution in [-0.2, 0) is 11.3 Å². The Morgan fingerprint density at radius 2 is 1.61 bits per heavy atom. The van der Waals surface area contributed by atoms with Crippen LogP contribution in [0.25, 0.3) is 0 Å². The maximum Gasteiger partial charge on any atom is 0.337 e. The Labute approximate surface area is 208 Å². The molecule has 3 aromatic carbocycles. The van der Waals surface area contributed by atoms with Gasteiger partial charge in [-0.3, -0.25) is 4.79 Å². The Morgan fingerprint density at radius 3 is 2.28 bits per heavy atom. The van der Waals surface area contributed by atoms with Crippen molar-refractivity contribution in [1.82, 2.24) is 10.6 Å². The predicted molar refractivity (Wildman–Crippen MR) is 133 cm³/mol. The SMILES string of the molecule is COC(=O)c1ccc(COc2ccc([C@H]3NC(=O)NC(C)=C3C(=O)c3ccccc3)cc2OC)cc1. The lowest BCUT2D eigenvalue weighted by atomic mass is 9.89. The number of hydrogen-bond donors (Lipinski definition) is 2. The molecule has 3 aromatic rings. The van der Waals surface area contributed by atoms with Gasteiger partial charge in [-0.25, -0.2) is 9.59 Å². The van der Waals surface area contributed by atoms with Crippen LogP contribution in [0.15, 0.2) is 84.1 Å². The molecule has 1 heterocycles. The number of urea groups is 1. The second kappa shape index (κ2) is 10.8. The first-order chi connectivity index (χ1) is 17.4. The average Bonchev–Trinajstić information content (AvgIpc) is 2.91. The second-order valence-corrected chi connectivity index (χ2v) is 8.15. The Morgan fingerprint density at radius 1 is 0.889 bits per heavy atom. The van der Waals surface area contributed by atoms with Crippen LogP contribution in [0.1, 0.15) is 44.8 Å². The molecular formula is C28H26N2O6. The lowest BCUT2D eigenvalue weighted by Gasteiger charge is -2.29. The van der Waals surface area contributed by atoms with E-state index in [2.05, 4.69) is 10.6 Å². The quantitative estimate of drug-likeness (QED) is 0.357. The van der Waals surface area contributed by atoms with Gasteiger partial charge in [0.1, 0.15) is 6.61 Å². The molecule has 1 atom stereocenters. The van der Waals surface area contributed by atoms with Crippen LogP contribution in [0.4, 0.5) is 4.79 Å². The third-order valence-electron chi connectivity index (χ3n) is 5.84. The second-order valence-electron chi connectivity index (χ2n) is 8.15. The molecule has 0 saturated carbocycles. The van der Waals surface area contributed by atoms with E-state index in [0.717, 1.165) is 5.56 Å². The molecule has 8 heteroatoms. The Bertz CT molecular complexity index is 1320. The summed E-state index contributed by atoms with van der Waals surface area (Å²) in [6.45, 7) is 1.96. The minimum Gasteiger partial charge on any atom is -0.493 e. The molecular weight excluding hydrogens is 460 g/mol. The van der Waals surface area contributed by atoms with Crippen molar-refractivity contribution in [3.63, 3.8) is 0 Å². The van der Waals surface area contributed by atoms with Crippen molar-refractivity contribution in [2.24, 2.45) is 0 Å². The van der Waals surface area contributed by atoms with Crippen LogP contribution in [-0.4, -0.2) is 32.0 Å². The van der Waals surface area contributed by atoms with E-state index in [9.17, 15) is 14.4 Å². The molecule has 0 radical (unpaired) electrons. The fraction of sp³-hybridized carbons (Fsp3) is 0.179. The number of ketones is 1. The van der Waals surface area contributed by atoms with Crippen LogP contribution < -0.4 is 20.1 Å². The molecule has 184 valence electrons. The summed E-state index contributed by atoms with van der Waals surface area (Å²) < 4.78 is 16.2. The van der Waals surface area contributed by atoms with Crippen molar-refractivity contribution in [3.8, 4) is 11.5 Å². The van der Waals surface area contributed by atoms with Crippen LogP contribution in [0.5, 0.6) is 11.5 Å². The number of carbonyl (C=O) groups is 3. The van der Waals surface area contributed by atoms with Crippen LogP contribution in [0.2, 0.25) is 0 Å². The maximum atomic E-state index is 13.3. The van der Waals surface area contributed by atoms with Gasteiger partial charge in [0.15, 0.2) is 17.3 Å². The van der Waals surface area contributed by atoms with E-state index in [1.807, 2.05) is 6.07 Å². The summed E-state index contributed by atoms with van der Waals surface area (Å²) in [6.07, 6.45) is 0. The topological polar surface area (TPSA) is 103 Å². The zero-order valence-corrected chi connectivity index (χ0v) is 20.2. The standard InChI is InChI=1S/C28H26N2O6/c1-17-24(26(31)19-7-5-4-6-8-19)25(30-28(33)29-17)21-13-14-22(23(15-21)34-2)36-16-18-9-11-20(12-10-18)27(32)35-3/h4-15,25H,16H2,1-3H3,(H2,29,30,33)/t25-/m1/s1. The summed E-state index contributed by atoms with van der Waals surface area (Å²) >= 11 is 0. The number of amides is 2. The Hall–Kier alpha value is -4.59. The summed E-state index contributed by atoms with van der Waals surface area (Å²) in [5, 5.41) is 5.55. The molecule has 0 aromatic heterocycles. The smallest absolute Gasteiger partial charge is 0.337 e. The highest BCUT2D eigenvalue weighted by Crippen LogP contribution is 2.35. The van der Waals surface area contributed by atoms with E-state index in [1.165, 1.54) is 14.2 Å². The molecule has 0 bridgehead atoms. The fourth-order valence-corrected chi connectivity index (χ4v) is 3.99. The van der Waals surface area contributed by atoms with Gasteiger partial charge in [0, 0.05) is 16.8 Å². The molecule has 4 rings (SSSR count). The van der Waals surface area contributed by atoms with Crippen LogP contribution >= 0.6 is 0 Å². The number of nitrogens with one attached hydrogen (secondary N) is 2. The van der Waals surface area contributed by atoms with Crippen molar-refractivity contribution in [3.05, 3.63) is 106 Å². The third-order valence-corrected chi connectivity index (χ3v) is 5.84. The van der Waals surface area contributed by atoms with Gasteiger partial charge in [-0.05, 0) is 42.3 Å². The Balaban J connectivity index is 1.58. The van der Waals surface area contributed by atoms with Gasteiger partial charge in [-0.15, -0.1) is 0 Å². The number of ether oxygens (including phenoxy) is 3. The molecule has 0 unspecified atom stereocenters. The molecule has 1 aliphatic rings. The van der Waals surface area contributed by atoms with Crippen molar-refractivity contribution in [2.75, 3.05) is 14.2 Å². The highest BCUT2D eigenvalue weighted by molar-refractivity contribution is 6.11. The first kappa shape index (κ1) is 24.5. The van der Waals surface area contributed by atoms with Gasteiger partial charge in [-0.2, -0.15) is 0 Å². The normalized spacial score (nSPS) is 15.0. The highest BCUT2D eigenvalue weighted by atomic mass is 16.5. The molecule has 0 saturated heterocycles. The molecule has 0 fully saturated rings. The van der Waals surface area contributed by atoms with Gasteiger partial charge in [-0.1, -0.05) is 48.5 Å². The van der Waals surface area contributed by atoms with E-state index in [0.29, 0.717) is 39.5 Å². The zero-order chi connectivity index (χ0) is 25.7. The van der Waals surface area contributed by atoms with Crippen LogP contribution in [0.3, 0.4) is 0 Å². The summed E-state index contributed by atoms with van der Waals surface area (Å²) in [6, 6.07) is 20.1. The lowest BCUT2D eigenvalue weighted by Crippen LogP contribution is -2.45. The predicted octanol–water partition coefficient (Wildman–Crippen LogP) is 4.57. The largest absolute Gasteiger partial charge is 0.493 e. The van der Waals surface area contributed by atoms with Gasteiger partial charge in [0.05, 0.1) is 25.8 Å². The van der Waals surface area contributed by atoms with Gasteiger partial charge in [0.2, 0.25) is 0 Å². The van der Waals surface area contributed by atoms with E-state index in [-0.39, 0.29) is 12.4 Å². The number of benzene rings is 3. The number of esters is 1. The minimum absolute atomic E-state index is 0.180. The van der Waals surface area contributed by atoms with Crippen molar-refractivity contribution in [2.45, 2.75) is 19.6 Å². The van der Waals surface area contributed by atoms with Gasteiger partial charge < -0.3 is 24.8 Å². The third kappa shape index (κ3) is 5.22. The van der Waals surface area contributed by atoms with E-state index >= 15 is 0 Å². The van der Waals surface area contributed by atoms with Crippen LogP contribution in [0, 0.1) is 0 Å². The molecule has 0 spiro atoms. The number of Topliss-reactive ketones (excluding diaryl/α,β-unsaturated/α-hetero) is 1. The van der Waals surface area contributed by atoms with Crippen molar-refractivity contribution >= 4 is 17.8 Å². The molecule has 1 aliphatic heterocycles. The molecule has 2 N–H and O–H groups in total. The van der Waals surface area contributed by atoms with Gasteiger partial charge in [0.25, 0.3) is 0 Å². The summed E-state index contributed by atoms with van der Waals surface area (Å²) in [5.74, 6) is 0.366. The van der Waals surface area contributed by atoms with Crippen molar-refractivity contribution in [1.29, 1.82) is 0 Å². The summed E-state index contributed by atoms with van der Waals surface area (Å²) in [5.41, 5.74) is 3.45. The molecule has 36 heavy (non-hydrogen) atoms. The number of methoxy groups -OCH3 is 2. The number of allylic oxidation sites excluding steroid dienone is 1. The Kier molecular flexibility index (Phi) is 7.34. The first-order valence-corrected chi connectivity index (χ1v) is 11.3.